The molecule has 4 nitrogen and oxygen atoms in total. The number of hydrogen-bond acceptors (Lipinski definition) is 2. The minimum atomic E-state index is 0.250. The Balaban J connectivity index is 0.00000114. The van der Waals surface area contributed by atoms with Crippen molar-refractivity contribution in [3.05, 3.63) is 42.1 Å². The standard InChI is InChI=1S/C22H31NO.CH3NO/c1-7-9-14-23-21-15-18(24-6)11-13-19(21)20(22(23)16(3)4)12-10-17(5)8-2;2-1-3/h10-13,15,17H,3,7-9,14H2,1-2,4-6H3;1H,(H2,2,3)/b12-10-;/t17-;/m1./s1. The number of aryl methyl sites for hydroxylation is 1. The van der Waals surface area contributed by atoms with Gasteiger partial charge in [0.05, 0.1) is 18.3 Å². The molecule has 0 fully saturated rings. The Kier molecular flexibility index (Phi) is 9.41. The lowest BCUT2D eigenvalue weighted by Crippen LogP contribution is -2.02. The molecule has 0 radical (unpaired) electrons. The topological polar surface area (TPSA) is 57.2 Å². The molecule has 4 heteroatoms. The van der Waals surface area contributed by atoms with Gasteiger partial charge in [0.15, 0.2) is 0 Å². The van der Waals surface area contributed by atoms with Crippen molar-refractivity contribution >= 4 is 29.0 Å². The van der Waals surface area contributed by atoms with Crippen molar-refractivity contribution < 1.29 is 9.53 Å². The first-order valence-electron chi connectivity index (χ1n) is 9.64. The Hall–Kier alpha value is -2.49. The number of amides is 1. The number of allylic oxidation sites excluding steroid dienone is 2. The minimum Gasteiger partial charge on any atom is -0.497 e. The lowest BCUT2D eigenvalue weighted by molar-refractivity contribution is -0.106. The van der Waals surface area contributed by atoms with Gasteiger partial charge in [0, 0.05) is 23.6 Å². The molecule has 2 rings (SSSR count). The fraction of sp³-hybridized carbons (Fsp3) is 0.435. The van der Waals surface area contributed by atoms with E-state index < -0.39 is 0 Å². The Morgan fingerprint density at radius 3 is 2.56 bits per heavy atom. The number of ether oxygens (including phenoxy) is 1. The van der Waals surface area contributed by atoms with Gasteiger partial charge in [0.2, 0.25) is 6.41 Å². The van der Waals surface area contributed by atoms with E-state index in [4.69, 9.17) is 9.53 Å². The van der Waals surface area contributed by atoms with E-state index in [2.05, 4.69) is 74.9 Å². The molecule has 0 spiro atoms. The molecule has 0 aliphatic rings. The molecule has 0 bridgehead atoms. The van der Waals surface area contributed by atoms with Crippen LogP contribution in [0.4, 0.5) is 0 Å². The third-order valence-electron chi connectivity index (χ3n) is 4.69. The van der Waals surface area contributed by atoms with Crippen molar-refractivity contribution in [2.75, 3.05) is 7.11 Å². The van der Waals surface area contributed by atoms with Crippen LogP contribution in [0.25, 0.3) is 22.6 Å². The molecule has 0 unspecified atom stereocenters. The van der Waals surface area contributed by atoms with Crippen LogP contribution in [0.15, 0.2) is 30.9 Å². The van der Waals surface area contributed by atoms with Crippen LogP contribution in [0, 0.1) is 5.92 Å². The first kappa shape index (κ1) is 22.6. The number of primary amides is 1. The second kappa shape index (κ2) is 11.3. The van der Waals surface area contributed by atoms with E-state index in [1.54, 1.807) is 7.11 Å². The van der Waals surface area contributed by atoms with Crippen LogP contribution in [0.5, 0.6) is 5.75 Å². The van der Waals surface area contributed by atoms with E-state index in [1.165, 1.54) is 28.6 Å². The molecule has 0 saturated heterocycles. The van der Waals surface area contributed by atoms with Crippen LogP contribution in [0.3, 0.4) is 0 Å². The zero-order valence-electron chi connectivity index (χ0n) is 17.4. The number of nitrogens with zero attached hydrogens (tertiary/aromatic N) is 1. The van der Waals surface area contributed by atoms with Crippen LogP contribution >= 0.6 is 0 Å². The van der Waals surface area contributed by atoms with Gasteiger partial charge >= 0.3 is 0 Å². The fourth-order valence-corrected chi connectivity index (χ4v) is 3.06. The number of nitrogens with two attached hydrogens (primary N) is 1. The zero-order valence-corrected chi connectivity index (χ0v) is 17.4. The molecule has 148 valence electrons. The second-order valence-corrected chi connectivity index (χ2v) is 6.81. The number of rotatable bonds is 8. The molecular formula is C23H34N2O2. The Morgan fingerprint density at radius 2 is 2.04 bits per heavy atom. The predicted molar refractivity (Wildman–Crippen MR) is 117 cm³/mol. The quantitative estimate of drug-likeness (QED) is 0.611. The Bertz CT molecular complexity index is 787. The average molecular weight is 371 g/mol. The lowest BCUT2D eigenvalue weighted by atomic mass is 10.0. The van der Waals surface area contributed by atoms with E-state index in [9.17, 15) is 0 Å². The normalized spacial score (nSPS) is 11.9. The summed E-state index contributed by atoms with van der Waals surface area (Å²) in [5.41, 5.74) is 9.07. The maximum atomic E-state index is 8.58. The molecule has 1 amide bonds. The molecule has 2 N–H and O–H groups in total. The van der Waals surface area contributed by atoms with E-state index in [0.717, 1.165) is 30.7 Å². The van der Waals surface area contributed by atoms with Crippen molar-refractivity contribution in [1.82, 2.24) is 4.57 Å². The third kappa shape index (κ3) is 5.75. The SMILES string of the molecule is C=C(C)c1c(/C=C\[C@H](C)CC)c2ccc(OC)cc2n1CCCC.NC=O. The number of hydrogen-bond donors (Lipinski definition) is 1. The first-order valence-corrected chi connectivity index (χ1v) is 9.64. The van der Waals surface area contributed by atoms with Gasteiger partial charge in [-0.25, -0.2) is 0 Å². The van der Waals surface area contributed by atoms with Crippen LogP contribution in [0.1, 0.15) is 58.2 Å². The summed E-state index contributed by atoms with van der Waals surface area (Å²) >= 11 is 0. The summed E-state index contributed by atoms with van der Waals surface area (Å²) in [4.78, 5) is 8.58. The Labute approximate surface area is 163 Å². The maximum Gasteiger partial charge on any atom is 0.204 e. The van der Waals surface area contributed by atoms with Gasteiger partial charge in [0.1, 0.15) is 5.75 Å². The molecule has 0 aliphatic heterocycles. The third-order valence-corrected chi connectivity index (χ3v) is 4.69. The van der Waals surface area contributed by atoms with Crippen molar-refractivity contribution in [1.29, 1.82) is 0 Å². The molecule has 2 aromatic rings. The summed E-state index contributed by atoms with van der Waals surface area (Å²) in [6.45, 7) is 14.1. The summed E-state index contributed by atoms with van der Waals surface area (Å²) < 4.78 is 7.87. The highest BCUT2D eigenvalue weighted by molar-refractivity contribution is 5.96. The minimum absolute atomic E-state index is 0.250. The highest BCUT2D eigenvalue weighted by atomic mass is 16.5. The monoisotopic (exact) mass is 370 g/mol. The average Bonchev–Trinajstić information content (AvgIpc) is 2.97. The highest BCUT2D eigenvalue weighted by Gasteiger charge is 2.16. The molecule has 1 heterocycles. The van der Waals surface area contributed by atoms with Crippen molar-refractivity contribution in [2.24, 2.45) is 11.7 Å². The van der Waals surface area contributed by atoms with Crippen molar-refractivity contribution in [3.8, 4) is 5.75 Å². The number of carbonyl (C=O) groups excluding carboxylic acids is 1. The number of unbranched alkanes of at least 4 members (excludes halogenated alkanes) is 1. The molecule has 27 heavy (non-hydrogen) atoms. The lowest BCUT2D eigenvalue weighted by Gasteiger charge is -2.11. The van der Waals surface area contributed by atoms with E-state index in [1.807, 2.05) is 0 Å². The van der Waals surface area contributed by atoms with Gasteiger partial charge in [-0.2, -0.15) is 0 Å². The number of aromatic nitrogens is 1. The molecular weight excluding hydrogens is 336 g/mol. The van der Waals surface area contributed by atoms with E-state index >= 15 is 0 Å². The van der Waals surface area contributed by atoms with Gasteiger partial charge in [-0.1, -0.05) is 52.3 Å². The summed E-state index contributed by atoms with van der Waals surface area (Å²) in [6.07, 6.45) is 8.35. The largest absolute Gasteiger partial charge is 0.497 e. The van der Waals surface area contributed by atoms with Crippen LogP contribution in [0.2, 0.25) is 0 Å². The van der Waals surface area contributed by atoms with Gasteiger partial charge in [-0.05, 0) is 37.0 Å². The summed E-state index contributed by atoms with van der Waals surface area (Å²) in [5.74, 6) is 1.48. The van der Waals surface area contributed by atoms with E-state index in [-0.39, 0.29) is 6.41 Å². The van der Waals surface area contributed by atoms with Crippen molar-refractivity contribution in [3.63, 3.8) is 0 Å². The molecule has 0 aliphatic carbocycles. The molecule has 1 aromatic heterocycles. The van der Waals surface area contributed by atoms with Gasteiger partial charge < -0.3 is 15.0 Å². The predicted octanol–water partition coefficient (Wildman–Crippen LogP) is 5.64. The summed E-state index contributed by atoms with van der Waals surface area (Å²) in [6, 6.07) is 6.38. The van der Waals surface area contributed by atoms with Gasteiger partial charge in [0.25, 0.3) is 0 Å². The number of benzene rings is 1. The fourth-order valence-electron chi connectivity index (χ4n) is 3.06. The zero-order chi connectivity index (χ0) is 20.4. The van der Waals surface area contributed by atoms with Crippen LogP contribution < -0.4 is 10.5 Å². The second-order valence-electron chi connectivity index (χ2n) is 6.81. The molecule has 1 aromatic carbocycles. The van der Waals surface area contributed by atoms with Crippen LogP contribution in [-0.2, 0) is 11.3 Å². The van der Waals surface area contributed by atoms with Gasteiger partial charge in [-0.3, -0.25) is 4.79 Å². The summed E-state index contributed by atoms with van der Waals surface area (Å²) in [5, 5.41) is 1.28. The molecule has 1 atom stereocenters. The number of carbonyl (C=O) groups is 1. The van der Waals surface area contributed by atoms with Crippen molar-refractivity contribution in [2.45, 2.75) is 53.5 Å². The maximum absolute atomic E-state index is 8.58. The molecule has 0 saturated carbocycles. The first-order chi connectivity index (χ1) is 12.9. The van der Waals surface area contributed by atoms with Crippen LogP contribution in [-0.4, -0.2) is 18.1 Å². The number of fused-ring (bicyclic) bond motifs is 1. The smallest absolute Gasteiger partial charge is 0.204 e. The summed E-state index contributed by atoms with van der Waals surface area (Å²) in [7, 11) is 1.73. The van der Waals surface area contributed by atoms with Gasteiger partial charge in [-0.15, -0.1) is 0 Å². The highest BCUT2D eigenvalue weighted by Crippen LogP contribution is 2.34. The Morgan fingerprint density at radius 1 is 1.37 bits per heavy atom. The number of methoxy groups -OCH3 is 1. The van der Waals surface area contributed by atoms with E-state index in [0.29, 0.717) is 5.92 Å².